The normalized spacial score (nSPS) is 11.4. The molecule has 0 unspecified atom stereocenters. The zero-order valence-electron chi connectivity index (χ0n) is 12.8. The lowest BCUT2D eigenvalue weighted by Gasteiger charge is -2.08. The minimum absolute atomic E-state index is 0.106. The maximum atomic E-state index is 12.5. The maximum Gasteiger partial charge on any atom is 0.264 e. The van der Waals surface area contributed by atoms with Gasteiger partial charge in [-0.3, -0.25) is 0 Å². The van der Waals surface area contributed by atoms with Gasteiger partial charge in [0, 0.05) is 0 Å². The quantitative estimate of drug-likeness (QED) is 0.791. The highest BCUT2D eigenvalue weighted by Gasteiger charge is 2.20. The topological polar surface area (TPSA) is 72.2 Å². The molecule has 1 aromatic heterocycles. The summed E-state index contributed by atoms with van der Waals surface area (Å²) >= 11 is 0. The number of rotatable bonds is 4. The number of nitrogens with zero attached hydrogens (tertiary/aromatic N) is 1. The van der Waals surface area contributed by atoms with Gasteiger partial charge in [-0.2, -0.15) is 0 Å². The third-order valence-corrected chi connectivity index (χ3v) is 5.00. The van der Waals surface area contributed by atoms with Gasteiger partial charge in [0.15, 0.2) is 0 Å². The second-order valence-corrected chi connectivity index (χ2v) is 6.97. The molecule has 0 saturated carbocycles. The molecule has 0 aliphatic heterocycles. The van der Waals surface area contributed by atoms with Crippen LogP contribution < -0.4 is 4.72 Å². The first kappa shape index (κ1) is 15.3. The van der Waals surface area contributed by atoms with Crippen LogP contribution in [0.4, 0.5) is 5.88 Å². The van der Waals surface area contributed by atoms with Crippen LogP contribution in [-0.2, 0) is 10.0 Å². The third kappa shape index (κ3) is 3.12. The van der Waals surface area contributed by atoms with Crippen LogP contribution in [0.25, 0.3) is 11.1 Å². The molecular formula is C17H16N2O3S. The Bertz CT molecular complexity index is 931. The van der Waals surface area contributed by atoms with Crippen molar-refractivity contribution in [2.45, 2.75) is 18.7 Å². The number of anilines is 1. The Morgan fingerprint density at radius 3 is 2.43 bits per heavy atom. The van der Waals surface area contributed by atoms with E-state index in [-0.39, 0.29) is 10.8 Å². The van der Waals surface area contributed by atoms with Crippen molar-refractivity contribution >= 4 is 15.9 Å². The summed E-state index contributed by atoms with van der Waals surface area (Å²) in [6.07, 6.45) is 1.49. The lowest BCUT2D eigenvalue weighted by atomic mass is 10.1. The van der Waals surface area contributed by atoms with E-state index in [9.17, 15) is 8.42 Å². The molecule has 0 fully saturated rings. The smallest absolute Gasteiger partial charge is 0.264 e. The summed E-state index contributed by atoms with van der Waals surface area (Å²) in [7, 11) is -3.74. The number of aryl methyl sites for hydroxylation is 2. The van der Waals surface area contributed by atoms with Crippen LogP contribution in [0.1, 0.15) is 11.1 Å². The van der Waals surface area contributed by atoms with Crippen LogP contribution in [0.2, 0.25) is 0 Å². The molecule has 0 radical (unpaired) electrons. The van der Waals surface area contributed by atoms with Gasteiger partial charge in [0.1, 0.15) is 0 Å². The van der Waals surface area contributed by atoms with Crippen LogP contribution in [-0.4, -0.2) is 13.6 Å². The summed E-state index contributed by atoms with van der Waals surface area (Å²) in [5, 5.41) is 3.71. The van der Waals surface area contributed by atoms with E-state index in [2.05, 4.69) is 9.88 Å². The highest BCUT2D eigenvalue weighted by molar-refractivity contribution is 7.92. The number of benzene rings is 2. The first-order valence-electron chi connectivity index (χ1n) is 7.07. The van der Waals surface area contributed by atoms with Gasteiger partial charge < -0.3 is 4.52 Å². The lowest BCUT2D eigenvalue weighted by Crippen LogP contribution is -2.13. The minimum Gasteiger partial charge on any atom is -0.337 e. The first-order valence-corrected chi connectivity index (χ1v) is 8.56. The van der Waals surface area contributed by atoms with Crippen molar-refractivity contribution in [3.8, 4) is 11.1 Å². The van der Waals surface area contributed by atoms with Gasteiger partial charge in [-0.25, -0.2) is 13.1 Å². The molecule has 2 aromatic carbocycles. The Labute approximate surface area is 135 Å². The SMILES string of the molecule is Cc1ccc(S(=O)(=O)Nc2oncc2-c2ccccc2)cc1C. The van der Waals surface area contributed by atoms with Crippen LogP contribution in [0.15, 0.2) is 64.1 Å². The molecule has 3 rings (SSSR count). The highest BCUT2D eigenvalue weighted by Crippen LogP contribution is 2.29. The van der Waals surface area contributed by atoms with E-state index in [1.54, 1.807) is 18.2 Å². The Morgan fingerprint density at radius 1 is 1.00 bits per heavy atom. The Morgan fingerprint density at radius 2 is 1.74 bits per heavy atom. The molecule has 0 atom stereocenters. The number of nitrogens with one attached hydrogen (secondary N) is 1. The fourth-order valence-corrected chi connectivity index (χ4v) is 3.29. The summed E-state index contributed by atoms with van der Waals surface area (Å²) in [5.74, 6) is 0.106. The van der Waals surface area contributed by atoms with Gasteiger partial charge >= 0.3 is 0 Å². The second-order valence-electron chi connectivity index (χ2n) is 5.29. The fraction of sp³-hybridized carbons (Fsp3) is 0.118. The second kappa shape index (κ2) is 5.89. The molecule has 0 aliphatic rings. The number of hydrogen-bond donors (Lipinski definition) is 1. The Balaban J connectivity index is 1.96. The molecule has 23 heavy (non-hydrogen) atoms. The molecule has 118 valence electrons. The van der Waals surface area contributed by atoms with Gasteiger partial charge in [0.2, 0.25) is 5.88 Å². The Kier molecular flexibility index (Phi) is 3.92. The van der Waals surface area contributed by atoms with Crippen molar-refractivity contribution in [3.05, 3.63) is 65.9 Å². The summed E-state index contributed by atoms with van der Waals surface area (Å²) in [6.45, 7) is 3.81. The Hall–Kier alpha value is -2.60. The molecule has 0 aliphatic carbocycles. The zero-order chi connectivity index (χ0) is 16.4. The fourth-order valence-electron chi connectivity index (χ4n) is 2.20. The predicted molar refractivity (Wildman–Crippen MR) is 88.7 cm³/mol. The van der Waals surface area contributed by atoms with E-state index in [4.69, 9.17) is 4.52 Å². The third-order valence-electron chi connectivity index (χ3n) is 3.67. The molecule has 6 heteroatoms. The van der Waals surface area contributed by atoms with E-state index in [0.29, 0.717) is 5.56 Å². The van der Waals surface area contributed by atoms with Gasteiger partial charge in [0.25, 0.3) is 10.0 Å². The number of aromatic nitrogens is 1. The van der Waals surface area contributed by atoms with E-state index in [0.717, 1.165) is 16.7 Å². The molecule has 3 aromatic rings. The first-order chi connectivity index (χ1) is 11.0. The molecule has 1 N–H and O–H groups in total. The van der Waals surface area contributed by atoms with Gasteiger partial charge in [-0.15, -0.1) is 0 Å². The van der Waals surface area contributed by atoms with Crippen LogP contribution in [0, 0.1) is 13.8 Å². The zero-order valence-corrected chi connectivity index (χ0v) is 13.6. The largest absolute Gasteiger partial charge is 0.337 e. The van der Waals surface area contributed by atoms with Crippen molar-refractivity contribution in [2.75, 3.05) is 4.72 Å². The number of sulfonamides is 1. The average Bonchev–Trinajstić information content (AvgIpc) is 2.98. The summed E-state index contributed by atoms with van der Waals surface area (Å²) < 4.78 is 32.7. The van der Waals surface area contributed by atoms with E-state index >= 15 is 0 Å². The van der Waals surface area contributed by atoms with Crippen molar-refractivity contribution in [3.63, 3.8) is 0 Å². The summed E-state index contributed by atoms with van der Waals surface area (Å²) in [5.41, 5.74) is 3.37. The number of hydrogen-bond acceptors (Lipinski definition) is 4. The van der Waals surface area contributed by atoms with Crippen LogP contribution in [0.5, 0.6) is 0 Å². The monoisotopic (exact) mass is 328 g/mol. The molecule has 0 saturated heterocycles. The maximum absolute atomic E-state index is 12.5. The summed E-state index contributed by atoms with van der Waals surface area (Å²) in [6, 6.07) is 14.3. The van der Waals surface area contributed by atoms with Crippen molar-refractivity contribution in [2.24, 2.45) is 0 Å². The van der Waals surface area contributed by atoms with Crippen molar-refractivity contribution in [1.29, 1.82) is 0 Å². The van der Waals surface area contributed by atoms with Crippen LogP contribution in [0.3, 0.4) is 0 Å². The predicted octanol–water partition coefficient (Wildman–Crippen LogP) is 3.76. The van der Waals surface area contributed by atoms with Crippen LogP contribution >= 0.6 is 0 Å². The average molecular weight is 328 g/mol. The molecule has 5 nitrogen and oxygen atoms in total. The lowest BCUT2D eigenvalue weighted by molar-refractivity contribution is 0.435. The van der Waals surface area contributed by atoms with Crippen molar-refractivity contribution in [1.82, 2.24) is 5.16 Å². The van der Waals surface area contributed by atoms with Crippen molar-refractivity contribution < 1.29 is 12.9 Å². The standard InChI is InChI=1S/C17H16N2O3S/c1-12-8-9-15(10-13(12)2)23(20,21)19-17-16(11-18-22-17)14-6-4-3-5-7-14/h3-11,19H,1-2H3. The van der Waals surface area contributed by atoms with E-state index in [1.807, 2.05) is 44.2 Å². The minimum atomic E-state index is -3.74. The summed E-state index contributed by atoms with van der Waals surface area (Å²) in [4.78, 5) is 0.191. The van der Waals surface area contributed by atoms with E-state index < -0.39 is 10.0 Å². The van der Waals surface area contributed by atoms with Gasteiger partial charge in [-0.05, 0) is 42.7 Å². The molecule has 0 bridgehead atoms. The highest BCUT2D eigenvalue weighted by atomic mass is 32.2. The molecular weight excluding hydrogens is 312 g/mol. The van der Waals surface area contributed by atoms with Gasteiger partial charge in [0.05, 0.1) is 16.7 Å². The molecule has 0 amide bonds. The molecule has 1 heterocycles. The van der Waals surface area contributed by atoms with Gasteiger partial charge in [-0.1, -0.05) is 41.6 Å². The molecule has 0 spiro atoms. The van der Waals surface area contributed by atoms with E-state index in [1.165, 1.54) is 6.20 Å².